The van der Waals surface area contributed by atoms with Crippen LogP contribution in [-0.2, 0) is 16.4 Å². The van der Waals surface area contributed by atoms with Crippen LogP contribution in [0.1, 0.15) is 38.5 Å². The molecule has 1 aromatic heterocycles. The number of hydrogen-bond acceptors (Lipinski definition) is 3. The van der Waals surface area contributed by atoms with Gasteiger partial charge in [0.2, 0.25) is 0 Å². The van der Waals surface area contributed by atoms with Gasteiger partial charge in [-0.15, -0.1) is 11.3 Å². The van der Waals surface area contributed by atoms with Gasteiger partial charge in [-0.25, -0.2) is 8.42 Å². The Morgan fingerprint density at radius 3 is 2.12 bits per heavy atom. The lowest BCUT2D eigenvalue weighted by molar-refractivity contribution is 0.411. The van der Waals surface area contributed by atoms with Crippen LogP contribution in [0.25, 0.3) is 0 Å². The first-order chi connectivity index (χ1) is 8.06. The number of aryl methyl sites for hydroxylation is 1. The maximum absolute atomic E-state index is 12.4. The van der Waals surface area contributed by atoms with Gasteiger partial charge in [-0.3, -0.25) is 0 Å². The average Bonchev–Trinajstić information content (AvgIpc) is 2.78. The highest BCUT2D eigenvalue weighted by atomic mass is 32.2. The Morgan fingerprint density at radius 2 is 1.71 bits per heavy atom. The molecule has 0 aromatic carbocycles. The van der Waals surface area contributed by atoms with Crippen LogP contribution in [0.4, 0.5) is 0 Å². The van der Waals surface area contributed by atoms with Gasteiger partial charge < -0.3 is 0 Å². The van der Waals surface area contributed by atoms with E-state index in [4.69, 9.17) is 0 Å². The fourth-order valence-corrected chi connectivity index (χ4v) is 4.74. The molecule has 17 heavy (non-hydrogen) atoms. The van der Waals surface area contributed by atoms with Crippen molar-refractivity contribution in [2.75, 3.05) is 13.1 Å². The van der Waals surface area contributed by atoms with E-state index in [-0.39, 0.29) is 0 Å². The summed E-state index contributed by atoms with van der Waals surface area (Å²) in [6.07, 6.45) is 2.60. The topological polar surface area (TPSA) is 37.4 Å². The SMILES string of the molecule is CCCN(CCC)S(=O)(=O)c1ccc(CC)s1. The molecule has 0 fully saturated rings. The van der Waals surface area contributed by atoms with Gasteiger partial charge in [-0.2, -0.15) is 4.31 Å². The molecule has 1 aromatic rings. The van der Waals surface area contributed by atoms with E-state index in [1.165, 1.54) is 11.3 Å². The molecule has 1 rings (SSSR count). The van der Waals surface area contributed by atoms with Gasteiger partial charge in [0.25, 0.3) is 10.0 Å². The summed E-state index contributed by atoms with van der Waals surface area (Å²) in [5, 5.41) is 0. The molecule has 98 valence electrons. The largest absolute Gasteiger partial charge is 0.252 e. The molecule has 0 bridgehead atoms. The standard InChI is InChI=1S/C12H21NO2S2/c1-4-9-13(10-5-2)17(14,15)12-8-7-11(6-3)16-12/h7-8H,4-6,9-10H2,1-3H3. The van der Waals surface area contributed by atoms with E-state index >= 15 is 0 Å². The molecular weight excluding hydrogens is 254 g/mol. The lowest BCUT2D eigenvalue weighted by Gasteiger charge is -2.19. The number of sulfonamides is 1. The molecule has 0 amide bonds. The summed E-state index contributed by atoms with van der Waals surface area (Å²) in [5.41, 5.74) is 0. The quantitative estimate of drug-likeness (QED) is 0.766. The van der Waals surface area contributed by atoms with Crippen molar-refractivity contribution in [3.05, 3.63) is 17.0 Å². The lowest BCUT2D eigenvalue weighted by atomic mass is 10.4. The van der Waals surface area contributed by atoms with Crippen LogP contribution in [0.2, 0.25) is 0 Å². The second-order valence-corrected chi connectivity index (χ2v) is 7.31. The van der Waals surface area contributed by atoms with Gasteiger partial charge in [0, 0.05) is 18.0 Å². The first-order valence-corrected chi connectivity index (χ1v) is 8.40. The van der Waals surface area contributed by atoms with Gasteiger partial charge in [-0.1, -0.05) is 20.8 Å². The van der Waals surface area contributed by atoms with Crippen molar-refractivity contribution in [1.82, 2.24) is 4.31 Å². The van der Waals surface area contributed by atoms with E-state index in [1.807, 2.05) is 26.8 Å². The predicted octanol–water partition coefficient (Wildman–Crippen LogP) is 3.12. The second-order valence-electron chi connectivity index (χ2n) is 3.98. The van der Waals surface area contributed by atoms with Crippen LogP contribution in [0, 0.1) is 0 Å². The molecule has 0 unspecified atom stereocenters. The minimum absolute atomic E-state index is 0.483. The highest BCUT2D eigenvalue weighted by Crippen LogP contribution is 2.25. The van der Waals surface area contributed by atoms with Gasteiger partial charge in [-0.05, 0) is 31.4 Å². The Kier molecular flexibility index (Phi) is 5.62. The Labute approximate surface area is 109 Å². The summed E-state index contributed by atoms with van der Waals surface area (Å²) in [7, 11) is -3.26. The molecule has 0 spiro atoms. The molecule has 0 N–H and O–H groups in total. The van der Waals surface area contributed by atoms with Gasteiger partial charge in [0.05, 0.1) is 0 Å². The van der Waals surface area contributed by atoms with Gasteiger partial charge in [0.15, 0.2) is 0 Å². The zero-order valence-corrected chi connectivity index (χ0v) is 12.4. The van der Waals surface area contributed by atoms with Gasteiger partial charge in [0.1, 0.15) is 4.21 Å². The Bertz CT molecular complexity index is 431. The number of nitrogens with zero attached hydrogens (tertiary/aromatic N) is 1. The van der Waals surface area contributed by atoms with Crippen molar-refractivity contribution in [2.45, 2.75) is 44.2 Å². The fourth-order valence-electron chi connectivity index (χ4n) is 1.67. The van der Waals surface area contributed by atoms with Crippen LogP contribution in [-0.4, -0.2) is 25.8 Å². The highest BCUT2D eigenvalue weighted by molar-refractivity contribution is 7.91. The van der Waals surface area contributed by atoms with Crippen molar-refractivity contribution in [2.24, 2.45) is 0 Å². The third-order valence-electron chi connectivity index (χ3n) is 2.53. The normalized spacial score (nSPS) is 12.2. The molecule has 0 saturated heterocycles. The molecule has 0 aliphatic heterocycles. The number of rotatable bonds is 7. The van der Waals surface area contributed by atoms with Crippen LogP contribution in [0.5, 0.6) is 0 Å². The second kappa shape index (κ2) is 6.52. The predicted molar refractivity (Wildman–Crippen MR) is 73.0 cm³/mol. The molecule has 0 atom stereocenters. The third-order valence-corrected chi connectivity index (χ3v) is 6.12. The summed E-state index contributed by atoms with van der Waals surface area (Å²) in [6, 6.07) is 3.64. The van der Waals surface area contributed by atoms with Crippen molar-refractivity contribution < 1.29 is 8.42 Å². The number of hydrogen-bond donors (Lipinski definition) is 0. The molecule has 5 heteroatoms. The fraction of sp³-hybridized carbons (Fsp3) is 0.667. The molecule has 1 heterocycles. The Hall–Kier alpha value is -0.390. The maximum Gasteiger partial charge on any atom is 0.252 e. The smallest absolute Gasteiger partial charge is 0.206 e. The molecule has 0 saturated carbocycles. The minimum atomic E-state index is -3.26. The van der Waals surface area contributed by atoms with Crippen molar-refractivity contribution in [1.29, 1.82) is 0 Å². The van der Waals surface area contributed by atoms with Crippen LogP contribution in [0.3, 0.4) is 0 Å². The molecule has 0 radical (unpaired) electrons. The highest BCUT2D eigenvalue weighted by Gasteiger charge is 2.24. The number of thiophene rings is 1. The zero-order valence-electron chi connectivity index (χ0n) is 10.8. The van der Waals surface area contributed by atoms with Crippen LogP contribution >= 0.6 is 11.3 Å². The molecule has 3 nitrogen and oxygen atoms in total. The van der Waals surface area contributed by atoms with E-state index in [0.717, 1.165) is 24.1 Å². The maximum atomic E-state index is 12.4. The van der Waals surface area contributed by atoms with E-state index in [2.05, 4.69) is 0 Å². The van der Waals surface area contributed by atoms with Gasteiger partial charge >= 0.3 is 0 Å². The third kappa shape index (κ3) is 3.53. The minimum Gasteiger partial charge on any atom is -0.206 e. The Balaban J connectivity index is 2.98. The monoisotopic (exact) mass is 275 g/mol. The zero-order chi connectivity index (χ0) is 12.9. The van der Waals surface area contributed by atoms with Crippen LogP contribution < -0.4 is 0 Å². The Morgan fingerprint density at radius 1 is 1.12 bits per heavy atom. The molecule has 0 aliphatic carbocycles. The van der Waals surface area contributed by atoms with Crippen molar-refractivity contribution >= 4 is 21.4 Å². The van der Waals surface area contributed by atoms with E-state index in [9.17, 15) is 8.42 Å². The van der Waals surface area contributed by atoms with E-state index in [0.29, 0.717) is 17.3 Å². The lowest BCUT2D eigenvalue weighted by Crippen LogP contribution is -2.32. The first-order valence-electron chi connectivity index (χ1n) is 6.15. The summed E-state index contributed by atoms with van der Waals surface area (Å²) in [5.74, 6) is 0. The van der Waals surface area contributed by atoms with E-state index in [1.54, 1.807) is 10.4 Å². The summed E-state index contributed by atoms with van der Waals surface area (Å²) >= 11 is 1.39. The van der Waals surface area contributed by atoms with Crippen molar-refractivity contribution in [3.8, 4) is 0 Å². The van der Waals surface area contributed by atoms with Crippen molar-refractivity contribution in [3.63, 3.8) is 0 Å². The average molecular weight is 275 g/mol. The van der Waals surface area contributed by atoms with Crippen LogP contribution in [0.15, 0.2) is 16.3 Å². The molecular formula is C12H21NO2S2. The summed E-state index contributed by atoms with van der Waals surface area (Å²) < 4.78 is 26.8. The first kappa shape index (κ1) is 14.7. The molecule has 0 aliphatic rings. The summed E-state index contributed by atoms with van der Waals surface area (Å²) in [4.78, 5) is 1.12. The summed E-state index contributed by atoms with van der Waals surface area (Å²) in [6.45, 7) is 7.26. The van der Waals surface area contributed by atoms with E-state index < -0.39 is 10.0 Å².